The summed E-state index contributed by atoms with van der Waals surface area (Å²) in [5, 5.41) is 7.02. The molecule has 2 rings (SSSR count). The van der Waals surface area contributed by atoms with E-state index in [1.807, 2.05) is 24.3 Å². The van der Waals surface area contributed by atoms with Crippen LogP contribution in [-0.4, -0.2) is 17.4 Å². The Hall–Kier alpha value is -1.13. The molecule has 5 heteroatoms. The first kappa shape index (κ1) is 42.0. The number of anilines is 1. The van der Waals surface area contributed by atoms with Gasteiger partial charge in [-0.25, -0.2) is 0 Å². The van der Waals surface area contributed by atoms with Gasteiger partial charge in [0, 0.05) is 11.8 Å². The van der Waals surface area contributed by atoms with Crippen molar-refractivity contribution in [3.8, 4) is 0 Å². The molecule has 1 atom stereocenters. The SMILES string of the molecule is CCCCCCCCCCCCCCCCCCCCCCCCCCCCCCCCCC1=NNC(C=S)N1c1ccccc1Cl. The molecule has 1 unspecified atom stereocenters. The van der Waals surface area contributed by atoms with Crippen LogP contribution in [0.3, 0.4) is 0 Å². The number of thiocarbonyl (C=S) groups is 1. The van der Waals surface area contributed by atoms with Gasteiger partial charge in [-0.3, -0.25) is 5.43 Å². The number of hydrazone groups is 1. The van der Waals surface area contributed by atoms with E-state index in [2.05, 4.69) is 22.4 Å². The highest BCUT2D eigenvalue weighted by atomic mass is 35.5. The molecule has 47 heavy (non-hydrogen) atoms. The average Bonchev–Trinajstić information content (AvgIpc) is 3.50. The predicted molar refractivity (Wildman–Crippen MR) is 215 cm³/mol. The van der Waals surface area contributed by atoms with Crippen LogP contribution in [0.2, 0.25) is 5.02 Å². The minimum Gasteiger partial charge on any atom is -0.300 e. The Labute approximate surface area is 302 Å². The largest absolute Gasteiger partial charge is 0.300 e. The third kappa shape index (κ3) is 21.5. The average molecular weight is 689 g/mol. The number of para-hydroxylation sites is 1. The number of nitrogens with zero attached hydrogens (tertiary/aromatic N) is 2. The van der Waals surface area contributed by atoms with Crippen molar-refractivity contribution in [2.24, 2.45) is 5.10 Å². The first-order valence-electron chi connectivity index (χ1n) is 20.6. The van der Waals surface area contributed by atoms with Crippen molar-refractivity contribution in [2.45, 2.75) is 219 Å². The number of nitrogens with one attached hydrogen (secondary N) is 1. The first-order chi connectivity index (χ1) is 23.3. The van der Waals surface area contributed by atoms with Gasteiger partial charge in [-0.1, -0.05) is 235 Å². The summed E-state index contributed by atoms with van der Waals surface area (Å²) in [5.74, 6) is 1.04. The van der Waals surface area contributed by atoms with Gasteiger partial charge in [0.2, 0.25) is 0 Å². The van der Waals surface area contributed by atoms with Gasteiger partial charge in [-0.15, -0.1) is 0 Å². The van der Waals surface area contributed by atoms with E-state index < -0.39 is 0 Å². The molecule has 0 aliphatic carbocycles. The molecule has 0 aromatic heterocycles. The molecule has 3 nitrogen and oxygen atoms in total. The molecule has 0 amide bonds. The minimum absolute atomic E-state index is 0.0988. The second-order valence-corrected chi connectivity index (χ2v) is 15.1. The Kier molecular flexibility index (Phi) is 27.6. The molecule has 1 aromatic rings. The summed E-state index contributed by atoms with van der Waals surface area (Å²) < 4.78 is 0. The van der Waals surface area contributed by atoms with Crippen LogP contribution in [0, 0.1) is 0 Å². The van der Waals surface area contributed by atoms with Gasteiger partial charge < -0.3 is 4.90 Å². The van der Waals surface area contributed by atoms with Crippen molar-refractivity contribution in [1.82, 2.24) is 5.43 Å². The van der Waals surface area contributed by atoms with Crippen molar-refractivity contribution in [3.05, 3.63) is 29.3 Å². The molecule has 1 aliphatic heterocycles. The monoisotopic (exact) mass is 688 g/mol. The Morgan fingerprint density at radius 3 is 1.26 bits per heavy atom. The van der Waals surface area contributed by atoms with E-state index in [0.717, 1.165) is 29.4 Å². The summed E-state index contributed by atoms with van der Waals surface area (Å²) in [5.41, 5.74) is 4.13. The summed E-state index contributed by atoms with van der Waals surface area (Å²) in [6.45, 7) is 2.31. The van der Waals surface area contributed by atoms with Gasteiger partial charge in [-0.05, 0) is 18.6 Å². The third-order valence-electron chi connectivity index (χ3n) is 10.1. The molecule has 1 aromatic carbocycles. The van der Waals surface area contributed by atoms with Gasteiger partial charge in [0.05, 0.1) is 10.7 Å². The minimum atomic E-state index is -0.0988. The number of unbranched alkanes of at least 4 members (excludes halogenated alkanes) is 30. The van der Waals surface area contributed by atoms with Crippen molar-refractivity contribution in [2.75, 3.05) is 4.90 Å². The smallest absolute Gasteiger partial charge is 0.150 e. The summed E-state index contributed by atoms with van der Waals surface area (Å²) >= 11 is 11.7. The van der Waals surface area contributed by atoms with Crippen LogP contribution in [-0.2, 0) is 0 Å². The number of amidine groups is 1. The molecular weight excluding hydrogens is 614 g/mol. The van der Waals surface area contributed by atoms with Crippen LogP contribution >= 0.6 is 23.8 Å². The Morgan fingerprint density at radius 1 is 0.574 bits per heavy atom. The molecule has 270 valence electrons. The predicted octanol–water partition coefficient (Wildman–Crippen LogP) is 14.9. The molecule has 0 radical (unpaired) electrons. The zero-order chi connectivity index (χ0) is 33.5. The quantitative estimate of drug-likeness (QED) is 0.0577. The van der Waals surface area contributed by atoms with Crippen molar-refractivity contribution in [1.29, 1.82) is 0 Å². The van der Waals surface area contributed by atoms with Crippen molar-refractivity contribution in [3.63, 3.8) is 0 Å². The van der Waals surface area contributed by atoms with E-state index in [1.54, 1.807) is 5.37 Å². The summed E-state index contributed by atoms with van der Waals surface area (Å²) in [6, 6.07) is 7.94. The lowest BCUT2D eigenvalue weighted by Gasteiger charge is -2.25. The molecular formula is C42H74ClN3S. The fourth-order valence-corrected chi connectivity index (χ4v) is 7.51. The van der Waals surface area contributed by atoms with Gasteiger partial charge >= 0.3 is 0 Å². The molecule has 1 aliphatic rings. The Morgan fingerprint density at radius 2 is 0.915 bits per heavy atom. The fourth-order valence-electron chi connectivity index (χ4n) is 7.10. The highest BCUT2D eigenvalue weighted by Gasteiger charge is 2.28. The fraction of sp³-hybridized carbons (Fsp3) is 0.810. The standard InChI is InChI=1S/C42H74ClN3S/c1-2-3-4-5-6-7-8-9-10-11-12-13-14-15-16-17-18-19-20-21-22-23-24-25-26-27-28-29-30-31-32-37-41-44-45-42(38-47)46(41)40-36-34-33-35-39(40)43/h33-36,38,42,45H,2-32,37H2,1H3. The Balaban J connectivity index is 1.24. The first-order valence-corrected chi connectivity index (χ1v) is 21.4. The maximum Gasteiger partial charge on any atom is 0.150 e. The Bertz CT molecular complexity index is 890. The highest BCUT2D eigenvalue weighted by Crippen LogP contribution is 2.29. The van der Waals surface area contributed by atoms with Crippen LogP contribution in [0.1, 0.15) is 212 Å². The highest BCUT2D eigenvalue weighted by molar-refractivity contribution is 7.79. The number of benzene rings is 1. The number of rotatable bonds is 34. The van der Waals surface area contributed by atoms with Crippen molar-refractivity contribution < 1.29 is 0 Å². The van der Waals surface area contributed by atoms with Gasteiger partial charge in [0.1, 0.15) is 12.0 Å². The van der Waals surface area contributed by atoms with E-state index >= 15 is 0 Å². The van der Waals surface area contributed by atoms with Crippen LogP contribution in [0.4, 0.5) is 5.69 Å². The number of hydrogen-bond acceptors (Lipinski definition) is 4. The van der Waals surface area contributed by atoms with E-state index in [0.29, 0.717) is 0 Å². The molecule has 0 saturated heterocycles. The van der Waals surface area contributed by atoms with Crippen LogP contribution < -0.4 is 10.3 Å². The maximum absolute atomic E-state index is 6.47. The van der Waals surface area contributed by atoms with Crippen LogP contribution in [0.25, 0.3) is 0 Å². The molecule has 0 spiro atoms. The lowest BCUT2D eigenvalue weighted by atomic mass is 10.0. The maximum atomic E-state index is 6.47. The second-order valence-electron chi connectivity index (χ2n) is 14.4. The topological polar surface area (TPSA) is 27.6 Å². The zero-order valence-electron chi connectivity index (χ0n) is 30.8. The molecule has 0 fully saturated rings. The van der Waals surface area contributed by atoms with Gasteiger partial charge in [-0.2, -0.15) is 5.10 Å². The summed E-state index contributed by atoms with van der Waals surface area (Å²) in [7, 11) is 0. The van der Waals surface area contributed by atoms with E-state index in [9.17, 15) is 0 Å². The lowest BCUT2D eigenvalue weighted by molar-refractivity contribution is 0.512. The van der Waals surface area contributed by atoms with Crippen LogP contribution in [0.5, 0.6) is 0 Å². The normalized spacial score (nSPS) is 14.5. The second kappa shape index (κ2) is 30.9. The van der Waals surface area contributed by atoms with E-state index in [4.69, 9.17) is 23.8 Å². The molecule has 0 saturated carbocycles. The summed E-state index contributed by atoms with van der Waals surface area (Å²) in [4.78, 5) is 2.15. The van der Waals surface area contributed by atoms with E-state index in [-0.39, 0.29) is 6.17 Å². The van der Waals surface area contributed by atoms with E-state index in [1.165, 1.54) is 193 Å². The summed E-state index contributed by atoms with van der Waals surface area (Å²) in [6.07, 6.45) is 45.3. The lowest BCUT2D eigenvalue weighted by Crippen LogP contribution is -2.41. The molecule has 1 heterocycles. The van der Waals surface area contributed by atoms with Crippen LogP contribution in [0.15, 0.2) is 29.4 Å². The van der Waals surface area contributed by atoms with Gasteiger partial charge in [0.15, 0.2) is 0 Å². The molecule has 1 N–H and O–H groups in total. The number of hydrogen-bond donors (Lipinski definition) is 1. The molecule has 0 bridgehead atoms. The zero-order valence-corrected chi connectivity index (χ0v) is 32.3. The van der Waals surface area contributed by atoms with Crippen molar-refractivity contribution >= 4 is 40.7 Å². The number of halogens is 1. The third-order valence-corrected chi connectivity index (χ3v) is 10.7. The van der Waals surface area contributed by atoms with Gasteiger partial charge in [0.25, 0.3) is 0 Å².